The van der Waals surface area contributed by atoms with Crippen molar-refractivity contribution in [3.63, 3.8) is 0 Å². The largest absolute Gasteiger partial charge is 0.490 e. The highest BCUT2D eigenvalue weighted by Gasteiger charge is 2.33. The van der Waals surface area contributed by atoms with Crippen molar-refractivity contribution < 1.29 is 13.2 Å². The first-order valence-electron chi connectivity index (χ1n) is 3.90. The van der Waals surface area contributed by atoms with E-state index in [4.69, 9.17) is 34.8 Å². The van der Waals surface area contributed by atoms with Gasteiger partial charge in [-0.25, -0.2) is 9.55 Å². The van der Waals surface area contributed by atoms with E-state index in [9.17, 15) is 13.2 Å². The summed E-state index contributed by atoms with van der Waals surface area (Å²) in [5.74, 6) is 0. The standard InChI is InChI=1S/C8H2Cl3F3N2/c9-3-1-4-7(6(11)5(3)10)15-2-16(4)8(12,13)14/h1-2H. The van der Waals surface area contributed by atoms with E-state index >= 15 is 0 Å². The molecule has 0 amide bonds. The van der Waals surface area contributed by atoms with Crippen LogP contribution in [-0.2, 0) is 6.30 Å². The van der Waals surface area contributed by atoms with Crippen LogP contribution in [0.15, 0.2) is 12.4 Å². The van der Waals surface area contributed by atoms with Crippen LogP contribution in [0.1, 0.15) is 0 Å². The quantitative estimate of drug-likeness (QED) is 0.654. The predicted octanol–water partition coefficient (Wildman–Crippen LogP) is 4.47. The molecule has 0 spiro atoms. The van der Waals surface area contributed by atoms with Crippen LogP contribution in [0.4, 0.5) is 13.2 Å². The Kier molecular flexibility index (Phi) is 2.72. The summed E-state index contributed by atoms with van der Waals surface area (Å²) in [6, 6.07) is 1.07. The van der Waals surface area contributed by atoms with E-state index in [1.54, 1.807) is 0 Å². The normalized spacial score (nSPS) is 12.4. The van der Waals surface area contributed by atoms with Gasteiger partial charge in [-0.15, -0.1) is 13.2 Å². The molecule has 0 aliphatic rings. The number of nitrogens with zero attached hydrogens (tertiary/aromatic N) is 2. The highest BCUT2D eigenvalue weighted by Crippen LogP contribution is 2.38. The van der Waals surface area contributed by atoms with E-state index in [0.717, 1.165) is 6.07 Å². The molecule has 0 aliphatic heterocycles. The average molecular weight is 289 g/mol. The van der Waals surface area contributed by atoms with Gasteiger partial charge in [0.25, 0.3) is 0 Å². The Morgan fingerprint density at radius 2 is 1.75 bits per heavy atom. The Morgan fingerprint density at radius 1 is 1.12 bits per heavy atom. The average Bonchev–Trinajstić information content (AvgIpc) is 2.57. The third-order valence-electron chi connectivity index (χ3n) is 1.95. The molecule has 2 rings (SSSR count). The lowest BCUT2D eigenvalue weighted by Crippen LogP contribution is -2.15. The van der Waals surface area contributed by atoms with Crippen LogP contribution in [0.5, 0.6) is 0 Å². The minimum absolute atomic E-state index is 0.0109. The van der Waals surface area contributed by atoms with Gasteiger partial charge in [0.2, 0.25) is 0 Å². The summed E-state index contributed by atoms with van der Waals surface area (Å²) < 4.78 is 37.6. The maximum Gasteiger partial charge on any atom is 0.490 e. The van der Waals surface area contributed by atoms with Gasteiger partial charge in [-0.1, -0.05) is 34.8 Å². The molecule has 0 N–H and O–H groups in total. The van der Waals surface area contributed by atoms with Crippen LogP contribution in [0.2, 0.25) is 15.1 Å². The molecule has 0 saturated carbocycles. The second-order valence-corrected chi connectivity index (χ2v) is 4.10. The minimum atomic E-state index is -4.57. The summed E-state index contributed by atoms with van der Waals surface area (Å²) in [4.78, 5) is 3.55. The minimum Gasteiger partial charge on any atom is -0.241 e. The van der Waals surface area contributed by atoms with Gasteiger partial charge < -0.3 is 0 Å². The summed E-state index contributed by atoms with van der Waals surface area (Å²) in [6.07, 6.45) is -3.95. The van der Waals surface area contributed by atoms with Gasteiger partial charge in [0, 0.05) is 0 Å². The van der Waals surface area contributed by atoms with Crippen molar-refractivity contribution in [2.24, 2.45) is 0 Å². The zero-order valence-electron chi connectivity index (χ0n) is 7.32. The van der Waals surface area contributed by atoms with Crippen LogP contribution in [-0.4, -0.2) is 9.55 Å². The van der Waals surface area contributed by atoms with Crippen LogP contribution in [0, 0.1) is 0 Å². The molecule has 0 unspecified atom stereocenters. The molecule has 2 aromatic rings. The summed E-state index contributed by atoms with van der Waals surface area (Å²) in [6.45, 7) is 0. The van der Waals surface area contributed by atoms with Crippen molar-refractivity contribution in [3.05, 3.63) is 27.5 Å². The smallest absolute Gasteiger partial charge is 0.241 e. The van der Waals surface area contributed by atoms with Crippen molar-refractivity contribution in [3.8, 4) is 0 Å². The summed E-state index contributed by atoms with van der Waals surface area (Å²) in [5, 5.41) is -0.152. The Balaban J connectivity index is 2.84. The first-order valence-corrected chi connectivity index (χ1v) is 5.03. The number of halogens is 6. The van der Waals surface area contributed by atoms with Crippen molar-refractivity contribution in [1.82, 2.24) is 9.55 Å². The number of hydrogen-bond acceptors (Lipinski definition) is 1. The van der Waals surface area contributed by atoms with Gasteiger partial charge in [-0.3, -0.25) is 0 Å². The van der Waals surface area contributed by atoms with Crippen molar-refractivity contribution in [1.29, 1.82) is 0 Å². The van der Waals surface area contributed by atoms with Crippen LogP contribution in [0.25, 0.3) is 11.0 Å². The zero-order valence-corrected chi connectivity index (χ0v) is 9.58. The van der Waals surface area contributed by atoms with Gasteiger partial charge in [-0.2, -0.15) is 0 Å². The first kappa shape index (κ1) is 11.8. The lowest BCUT2D eigenvalue weighted by atomic mass is 10.3. The van der Waals surface area contributed by atoms with Crippen LogP contribution < -0.4 is 0 Å². The van der Waals surface area contributed by atoms with E-state index in [1.807, 2.05) is 0 Å². The molecule has 1 heterocycles. The van der Waals surface area contributed by atoms with E-state index < -0.39 is 6.30 Å². The number of rotatable bonds is 0. The van der Waals surface area contributed by atoms with Gasteiger partial charge in [0.1, 0.15) is 11.8 Å². The molecule has 0 bridgehead atoms. The second-order valence-electron chi connectivity index (χ2n) is 2.94. The number of benzene rings is 1. The molecule has 2 nitrogen and oxygen atoms in total. The first-order chi connectivity index (χ1) is 7.32. The fraction of sp³-hybridized carbons (Fsp3) is 0.125. The highest BCUT2D eigenvalue weighted by atomic mass is 35.5. The Hall–Kier alpha value is -0.650. The fourth-order valence-electron chi connectivity index (χ4n) is 1.26. The highest BCUT2D eigenvalue weighted by molar-refractivity contribution is 6.50. The third kappa shape index (κ3) is 1.73. The predicted molar refractivity (Wildman–Crippen MR) is 56.1 cm³/mol. The Labute approximate surface area is 103 Å². The number of fused-ring (bicyclic) bond motifs is 1. The monoisotopic (exact) mass is 288 g/mol. The fourth-order valence-corrected chi connectivity index (χ4v) is 1.90. The molecule has 0 aliphatic carbocycles. The molecule has 0 atom stereocenters. The number of imidazole rings is 1. The lowest BCUT2D eigenvalue weighted by Gasteiger charge is -2.08. The Bertz CT molecular complexity index is 562. The zero-order chi connectivity index (χ0) is 12.1. The molecule has 16 heavy (non-hydrogen) atoms. The van der Waals surface area contributed by atoms with Crippen molar-refractivity contribution in [2.45, 2.75) is 6.30 Å². The molecule has 8 heteroatoms. The molecule has 0 radical (unpaired) electrons. The maximum atomic E-state index is 12.5. The summed E-state index contributed by atoms with van der Waals surface area (Å²) in [7, 11) is 0. The van der Waals surface area contributed by atoms with Gasteiger partial charge in [-0.05, 0) is 6.07 Å². The Morgan fingerprint density at radius 3 is 2.31 bits per heavy atom. The molecule has 1 aromatic carbocycles. The molecular weight excluding hydrogens is 287 g/mol. The number of hydrogen-bond donors (Lipinski definition) is 0. The molecule has 0 fully saturated rings. The molecule has 86 valence electrons. The van der Waals surface area contributed by atoms with E-state index in [-0.39, 0.29) is 30.7 Å². The molecular formula is C8H2Cl3F3N2. The maximum absolute atomic E-state index is 12.5. The molecule has 1 aromatic heterocycles. The van der Waals surface area contributed by atoms with E-state index in [1.165, 1.54) is 0 Å². The van der Waals surface area contributed by atoms with Crippen LogP contribution in [0.3, 0.4) is 0 Å². The number of alkyl halides is 3. The molecule has 0 saturated heterocycles. The lowest BCUT2D eigenvalue weighted by molar-refractivity contribution is -0.201. The summed E-state index contributed by atoms with van der Waals surface area (Å²) in [5.41, 5.74) is -0.264. The second kappa shape index (κ2) is 3.68. The van der Waals surface area contributed by atoms with E-state index in [0.29, 0.717) is 6.33 Å². The van der Waals surface area contributed by atoms with Crippen molar-refractivity contribution >= 4 is 45.8 Å². The third-order valence-corrected chi connectivity index (χ3v) is 3.20. The van der Waals surface area contributed by atoms with Gasteiger partial charge >= 0.3 is 6.30 Å². The van der Waals surface area contributed by atoms with Crippen molar-refractivity contribution in [2.75, 3.05) is 0 Å². The van der Waals surface area contributed by atoms with Gasteiger partial charge in [0.05, 0.1) is 20.6 Å². The number of aromatic nitrogens is 2. The summed E-state index contributed by atoms with van der Waals surface area (Å²) >= 11 is 17.1. The van der Waals surface area contributed by atoms with Gasteiger partial charge in [0.15, 0.2) is 0 Å². The van der Waals surface area contributed by atoms with E-state index in [2.05, 4.69) is 4.98 Å². The van der Waals surface area contributed by atoms with Crippen LogP contribution >= 0.6 is 34.8 Å². The topological polar surface area (TPSA) is 17.8 Å². The SMILES string of the molecule is FC(F)(F)n1cnc2c(Cl)c(Cl)c(Cl)cc21.